The van der Waals surface area contributed by atoms with Crippen molar-refractivity contribution >= 4 is 29.2 Å². The molecule has 0 N–H and O–H groups in total. The van der Waals surface area contributed by atoms with Crippen molar-refractivity contribution in [3.8, 4) is 0 Å². The van der Waals surface area contributed by atoms with E-state index in [9.17, 15) is 13.6 Å². The molecular formula is C10H8Cl2F2O2. The molecule has 6 heteroatoms. The summed E-state index contributed by atoms with van der Waals surface area (Å²) in [6, 6.07) is 0.850. The molecule has 1 rings (SSSR count). The van der Waals surface area contributed by atoms with Gasteiger partial charge in [-0.1, -0.05) is 23.2 Å². The summed E-state index contributed by atoms with van der Waals surface area (Å²) in [6.07, 6.45) is -0.422. The molecular weight excluding hydrogens is 261 g/mol. The molecule has 0 spiro atoms. The molecule has 0 heterocycles. The summed E-state index contributed by atoms with van der Waals surface area (Å²) < 4.78 is 31.2. The third kappa shape index (κ3) is 2.62. The lowest BCUT2D eigenvalue weighted by Gasteiger charge is -2.10. The second-order valence-electron chi connectivity index (χ2n) is 3.30. The minimum atomic E-state index is -1.17. The molecule has 0 saturated heterocycles. The zero-order valence-electron chi connectivity index (χ0n) is 8.48. The predicted molar refractivity (Wildman–Crippen MR) is 56.9 cm³/mol. The summed E-state index contributed by atoms with van der Waals surface area (Å²) in [7, 11) is 0. The highest BCUT2D eigenvalue weighted by Crippen LogP contribution is 2.29. The van der Waals surface area contributed by atoms with E-state index in [0.29, 0.717) is 0 Å². The number of halogens is 4. The number of hydrogen-bond acceptors (Lipinski definition) is 2. The van der Waals surface area contributed by atoms with Gasteiger partial charge < -0.3 is 4.74 Å². The highest BCUT2D eigenvalue weighted by atomic mass is 35.5. The van der Waals surface area contributed by atoms with Crippen molar-refractivity contribution in [2.45, 2.75) is 20.0 Å². The van der Waals surface area contributed by atoms with Crippen LogP contribution in [0.25, 0.3) is 0 Å². The molecule has 0 saturated carbocycles. The fraction of sp³-hybridized carbons (Fsp3) is 0.300. The molecule has 0 fully saturated rings. The molecule has 0 radical (unpaired) electrons. The highest BCUT2D eigenvalue weighted by Gasteiger charge is 2.22. The fourth-order valence-electron chi connectivity index (χ4n) is 0.999. The normalized spacial score (nSPS) is 10.7. The maximum Gasteiger partial charge on any atom is 0.341 e. The van der Waals surface area contributed by atoms with Gasteiger partial charge in [-0.05, 0) is 19.9 Å². The number of rotatable bonds is 2. The number of hydrogen-bond donors (Lipinski definition) is 0. The smallest absolute Gasteiger partial charge is 0.341 e. The van der Waals surface area contributed by atoms with Gasteiger partial charge in [-0.3, -0.25) is 0 Å². The van der Waals surface area contributed by atoms with E-state index in [4.69, 9.17) is 27.9 Å². The summed E-state index contributed by atoms with van der Waals surface area (Å²) in [4.78, 5) is 11.4. The molecule has 0 aromatic heterocycles. The summed E-state index contributed by atoms with van der Waals surface area (Å²) in [5.74, 6) is -3.20. The van der Waals surface area contributed by atoms with Crippen molar-refractivity contribution in [3.05, 3.63) is 33.3 Å². The summed E-state index contributed by atoms with van der Waals surface area (Å²) in [5.41, 5.74) is -0.481. The van der Waals surface area contributed by atoms with E-state index in [1.165, 1.54) is 0 Å². The Bertz CT molecular complexity index is 433. The van der Waals surface area contributed by atoms with Crippen molar-refractivity contribution < 1.29 is 18.3 Å². The Morgan fingerprint density at radius 3 is 2.38 bits per heavy atom. The van der Waals surface area contributed by atoms with Crippen molar-refractivity contribution in [2.75, 3.05) is 0 Å². The first-order valence-electron chi connectivity index (χ1n) is 4.38. The van der Waals surface area contributed by atoms with Crippen LogP contribution in [0.2, 0.25) is 10.0 Å². The van der Waals surface area contributed by atoms with E-state index in [2.05, 4.69) is 0 Å². The van der Waals surface area contributed by atoms with Gasteiger partial charge >= 0.3 is 5.97 Å². The van der Waals surface area contributed by atoms with E-state index < -0.39 is 39.3 Å². The van der Waals surface area contributed by atoms with E-state index in [-0.39, 0.29) is 0 Å². The molecule has 1 aromatic carbocycles. The zero-order valence-corrected chi connectivity index (χ0v) is 9.99. The van der Waals surface area contributed by atoms with Crippen molar-refractivity contribution in [3.63, 3.8) is 0 Å². The molecule has 0 unspecified atom stereocenters. The third-order valence-electron chi connectivity index (χ3n) is 1.67. The van der Waals surface area contributed by atoms with E-state index >= 15 is 0 Å². The van der Waals surface area contributed by atoms with Gasteiger partial charge in [0, 0.05) is 0 Å². The van der Waals surface area contributed by atoms with E-state index in [1.807, 2.05) is 0 Å². The van der Waals surface area contributed by atoms with Crippen LogP contribution in [0.1, 0.15) is 24.2 Å². The van der Waals surface area contributed by atoms with E-state index in [0.717, 1.165) is 6.07 Å². The third-order valence-corrected chi connectivity index (χ3v) is 2.27. The number of carbonyl (C=O) groups is 1. The molecule has 0 bridgehead atoms. The first kappa shape index (κ1) is 13.2. The van der Waals surface area contributed by atoms with Gasteiger partial charge in [-0.2, -0.15) is 0 Å². The Morgan fingerprint density at radius 1 is 1.31 bits per heavy atom. The lowest BCUT2D eigenvalue weighted by molar-refractivity contribution is 0.0372. The largest absolute Gasteiger partial charge is 0.459 e. The molecule has 16 heavy (non-hydrogen) atoms. The first-order valence-corrected chi connectivity index (χ1v) is 5.14. The lowest BCUT2D eigenvalue weighted by atomic mass is 10.2. The van der Waals surface area contributed by atoms with Gasteiger partial charge in [0.05, 0.1) is 16.7 Å². The van der Waals surface area contributed by atoms with Crippen LogP contribution < -0.4 is 0 Å². The summed E-state index contributed by atoms with van der Waals surface area (Å²) in [6.45, 7) is 3.20. The number of ether oxygens (including phenoxy) is 1. The van der Waals surface area contributed by atoms with E-state index in [1.54, 1.807) is 13.8 Å². The fourth-order valence-corrected chi connectivity index (χ4v) is 1.45. The summed E-state index contributed by atoms with van der Waals surface area (Å²) >= 11 is 10.8. The second-order valence-corrected chi connectivity index (χ2v) is 4.09. The molecule has 0 amide bonds. The summed E-state index contributed by atoms with van der Waals surface area (Å²) in [5, 5.41) is -1.25. The van der Waals surface area contributed by atoms with Gasteiger partial charge in [0.15, 0.2) is 11.6 Å². The maximum atomic E-state index is 13.4. The Balaban J connectivity index is 3.20. The molecule has 0 atom stereocenters. The first-order chi connectivity index (χ1) is 7.34. The molecule has 2 nitrogen and oxygen atoms in total. The highest BCUT2D eigenvalue weighted by molar-refractivity contribution is 6.35. The number of esters is 1. The van der Waals surface area contributed by atoms with Crippen LogP contribution in [0.5, 0.6) is 0 Å². The van der Waals surface area contributed by atoms with Gasteiger partial charge in [-0.15, -0.1) is 0 Å². The molecule has 0 aliphatic carbocycles. The van der Waals surface area contributed by atoms with Crippen LogP contribution in [0.3, 0.4) is 0 Å². The maximum absolute atomic E-state index is 13.4. The topological polar surface area (TPSA) is 26.3 Å². The Hall–Kier alpha value is -0.870. The molecule has 1 aromatic rings. The number of carbonyl (C=O) groups excluding carboxylic acids is 1. The lowest BCUT2D eigenvalue weighted by Crippen LogP contribution is -2.13. The van der Waals surface area contributed by atoms with Crippen LogP contribution in [-0.2, 0) is 4.74 Å². The minimum Gasteiger partial charge on any atom is -0.459 e. The quantitative estimate of drug-likeness (QED) is 0.463. The SMILES string of the molecule is CC(C)OC(=O)c1cc(Cl)c(F)c(Cl)c1F. The van der Waals surface area contributed by atoms with Gasteiger partial charge in [-0.25, -0.2) is 13.6 Å². The molecule has 0 aliphatic heterocycles. The average Bonchev–Trinajstić information content (AvgIpc) is 2.19. The molecule has 0 aliphatic rings. The molecule has 88 valence electrons. The zero-order chi connectivity index (χ0) is 12.5. The number of benzene rings is 1. The Kier molecular flexibility index (Phi) is 4.10. The van der Waals surface area contributed by atoms with Crippen molar-refractivity contribution in [1.82, 2.24) is 0 Å². The monoisotopic (exact) mass is 268 g/mol. The van der Waals surface area contributed by atoms with Gasteiger partial charge in [0.1, 0.15) is 5.02 Å². The van der Waals surface area contributed by atoms with Gasteiger partial charge in [0.2, 0.25) is 0 Å². The average molecular weight is 269 g/mol. The van der Waals surface area contributed by atoms with Crippen LogP contribution in [-0.4, -0.2) is 12.1 Å². The Morgan fingerprint density at radius 2 is 1.88 bits per heavy atom. The van der Waals surface area contributed by atoms with Crippen molar-refractivity contribution in [1.29, 1.82) is 0 Å². The van der Waals surface area contributed by atoms with Gasteiger partial charge in [0.25, 0.3) is 0 Å². The van der Waals surface area contributed by atoms with Crippen LogP contribution in [0.4, 0.5) is 8.78 Å². The van der Waals surface area contributed by atoms with Crippen LogP contribution >= 0.6 is 23.2 Å². The Labute approximate surface area is 101 Å². The van der Waals surface area contributed by atoms with Crippen LogP contribution in [0, 0.1) is 11.6 Å². The predicted octanol–water partition coefficient (Wildman–Crippen LogP) is 3.84. The standard InChI is InChI=1S/C10H8Cl2F2O2/c1-4(2)16-10(15)5-3-6(11)9(14)7(12)8(5)13/h3-4H,1-2H3. The minimum absolute atomic E-state index is 0.422. The van der Waals surface area contributed by atoms with Crippen molar-refractivity contribution in [2.24, 2.45) is 0 Å². The second kappa shape index (κ2) is 4.97. The van der Waals surface area contributed by atoms with Crippen LogP contribution in [0.15, 0.2) is 6.07 Å².